The van der Waals surface area contributed by atoms with Crippen molar-refractivity contribution in [2.45, 2.75) is 6.54 Å². The van der Waals surface area contributed by atoms with Gasteiger partial charge in [-0.2, -0.15) is 5.26 Å². The van der Waals surface area contributed by atoms with Crippen molar-refractivity contribution in [3.63, 3.8) is 0 Å². The fraction of sp³-hybridized carbons (Fsp3) is 0.231. The van der Waals surface area contributed by atoms with Gasteiger partial charge in [0.2, 0.25) is 6.79 Å². The molecule has 5 rings (SSSR count). The Kier molecular flexibility index (Phi) is 6.18. The number of piperazine rings is 1. The maximum absolute atomic E-state index is 13.0. The third kappa shape index (κ3) is 4.73. The maximum Gasteiger partial charge on any atom is 0.255 e. The first-order chi connectivity index (χ1) is 17.1. The molecule has 0 atom stereocenters. The summed E-state index contributed by atoms with van der Waals surface area (Å²) in [4.78, 5) is 34.1. The number of carbonyl (C=O) groups excluding carboxylic acids is 2. The summed E-state index contributed by atoms with van der Waals surface area (Å²) in [6.45, 7) is 2.62. The SMILES string of the molecule is N#Cc1cccc(C(=O)N2CCN(c3ncccc3C(=O)NCc3ccc4c(c3)OCO4)CC2)c1. The van der Waals surface area contributed by atoms with Crippen LogP contribution >= 0.6 is 0 Å². The molecule has 0 radical (unpaired) electrons. The van der Waals surface area contributed by atoms with E-state index in [1.807, 2.05) is 23.1 Å². The van der Waals surface area contributed by atoms with Gasteiger partial charge in [-0.15, -0.1) is 0 Å². The van der Waals surface area contributed by atoms with Crippen molar-refractivity contribution in [1.82, 2.24) is 15.2 Å². The van der Waals surface area contributed by atoms with Gasteiger partial charge in [0.25, 0.3) is 11.8 Å². The lowest BCUT2D eigenvalue weighted by Gasteiger charge is -2.36. The van der Waals surface area contributed by atoms with E-state index < -0.39 is 0 Å². The zero-order valence-corrected chi connectivity index (χ0v) is 18.9. The first-order valence-corrected chi connectivity index (χ1v) is 11.3. The van der Waals surface area contributed by atoms with Crippen molar-refractivity contribution in [2.75, 3.05) is 37.9 Å². The molecular formula is C26H23N5O4. The number of nitrogens with zero attached hydrogens (tertiary/aromatic N) is 4. The minimum Gasteiger partial charge on any atom is -0.454 e. The molecule has 0 spiro atoms. The number of aromatic nitrogens is 1. The van der Waals surface area contributed by atoms with E-state index >= 15 is 0 Å². The third-order valence-electron chi connectivity index (χ3n) is 6.03. The number of nitrogens with one attached hydrogen (secondary N) is 1. The number of pyridine rings is 1. The summed E-state index contributed by atoms with van der Waals surface area (Å²) in [6, 6.07) is 17.8. The Morgan fingerprint density at radius 3 is 2.66 bits per heavy atom. The first kappa shape index (κ1) is 22.2. The summed E-state index contributed by atoms with van der Waals surface area (Å²) in [7, 11) is 0. The van der Waals surface area contributed by atoms with Crippen LogP contribution in [0.2, 0.25) is 0 Å². The van der Waals surface area contributed by atoms with Crippen LogP contribution in [0.15, 0.2) is 60.8 Å². The molecule has 3 aromatic rings. The summed E-state index contributed by atoms with van der Waals surface area (Å²) in [5.41, 5.74) is 2.34. The highest BCUT2D eigenvalue weighted by Gasteiger charge is 2.26. The number of benzene rings is 2. The lowest BCUT2D eigenvalue weighted by atomic mass is 10.1. The van der Waals surface area contributed by atoms with Crippen molar-refractivity contribution in [3.05, 3.63) is 83.0 Å². The molecule has 2 aliphatic heterocycles. The molecule has 2 amide bonds. The van der Waals surface area contributed by atoms with Crippen LogP contribution in [0, 0.1) is 11.3 Å². The molecule has 3 heterocycles. The highest BCUT2D eigenvalue weighted by Crippen LogP contribution is 2.32. The van der Waals surface area contributed by atoms with E-state index in [1.54, 1.807) is 47.5 Å². The topological polar surface area (TPSA) is 108 Å². The lowest BCUT2D eigenvalue weighted by molar-refractivity contribution is 0.0745. The second-order valence-corrected chi connectivity index (χ2v) is 8.22. The van der Waals surface area contributed by atoms with Gasteiger partial charge in [-0.05, 0) is 48.0 Å². The van der Waals surface area contributed by atoms with Crippen LogP contribution in [0.25, 0.3) is 0 Å². The Bertz CT molecular complexity index is 1310. The van der Waals surface area contributed by atoms with E-state index in [0.717, 1.165) is 5.56 Å². The zero-order valence-electron chi connectivity index (χ0n) is 18.9. The molecule has 0 bridgehead atoms. The third-order valence-corrected chi connectivity index (χ3v) is 6.03. The van der Waals surface area contributed by atoms with E-state index in [2.05, 4.69) is 16.4 Å². The maximum atomic E-state index is 13.0. The summed E-state index contributed by atoms with van der Waals surface area (Å²) in [6.07, 6.45) is 1.66. The van der Waals surface area contributed by atoms with E-state index in [1.165, 1.54) is 0 Å². The summed E-state index contributed by atoms with van der Waals surface area (Å²) in [5, 5.41) is 12.0. The molecule has 2 aliphatic rings. The van der Waals surface area contributed by atoms with Gasteiger partial charge >= 0.3 is 0 Å². The van der Waals surface area contributed by atoms with Crippen molar-refractivity contribution in [2.24, 2.45) is 0 Å². The number of anilines is 1. The van der Waals surface area contributed by atoms with Crippen molar-refractivity contribution >= 4 is 17.6 Å². The van der Waals surface area contributed by atoms with Gasteiger partial charge in [-0.25, -0.2) is 4.98 Å². The first-order valence-electron chi connectivity index (χ1n) is 11.3. The number of amides is 2. The Morgan fingerprint density at radius 2 is 1.83 bits per heavy atom. The molecule has 1 fully saturated rings. The molecule has 0 unspecified atom stereocenters. The lowest BCUT2D eigenvalue weighted by Crippen LogP contribution is -2.49. The monoisotopic (exact) mass is 469 g/mol. The van der Waals surface area contributed by atoms with Crippen molar-refractivity contribution < 1.29 is 19.1 Å². The smallest absolute Gasteiger partial charge is 0.255 e. The molecule has 9 heteroatoms. The minimum absolute atomic E-state index is 0.107. The number of carbonyl (C=O) groups is 2. The van der Waals surface area contributed by atoms with Crippen LogP contribution in [-0.4, -0.2) is 54.7 Å². The average Bonchev–Trinajstić information content (AvgIpc) is 3.39. The minimum atomic E-state index is -0.224. The molecule has 1 N–H and O–H groups in total. The van der Waals surface area contributed by atoms with E-state index in [4.69, 9.17) is 14.7 Å². The fourth-order valence-electron chi connectivity index (χ4n) is 4.18. The van der Waals surface area contributed by atoms with Crippen molar-refractivity contribution in [1.29, 1.82) is 5.26 Å². The van der Waals surface area contributed by atoms with Gasteiger partial charge in [0.05, 0.1) is 17.2 Å². The van der Waals surface area contributed by atoms with Crippen LogP contribution in [0.1, 0.15) is 31.8 Å². The van der Waals surface area contributed by atoms with Gasteiger partial charge in [0.15, 0.2) is 11.5 Å². The molecule has 1 aromatic heterocycles. The largest absolute Gasteiger partial charge is 0.454 e. The average molecular weight is 470 g/mol. The van der Waals surface area contributed by atoms with Crippen LogP contribution in [-0.2, 0) is 6.54 Å². The van der Waals surface area contributed by atoms with Crippen LogP contribution in [0.3, 0.4) is 0 Å². The Labute approximate surface area is 202 Å². The number of ether oxygens (including phenoxy) is 2. The fourth-order valence-corrected chi connectivity index (χ4v) is 4.18. The van der Waals surface area contributed by atoms with Crippen LogP contribution in [0.5, 0.6) is 11.5 Å². The predicted octanol–water partition coefficient (Wildman–Crippen LogP) is 2.57. The number of nitriles is 1. The van der Waals surface area contributed by atoms with Crippen LogP contribution < -0.4 is 19.7 Å². The predicted molar refractivity (Wildman–Crippen MR) is 127 cm³/mol. The molecule has 0 saturated carbocycles. The number of rotatable bonds is 5. The highest BCUT2D eigenvalue weighted by atomic mass is 16.7. The number of fused-ring (bicyclic) bond motifs is 1. The molecular weight excluding hydrogens is 446 g/mol. The van der Waals surface area contributed by atoms with E-state index in [0.29, 0.717) is 66.7 Å². The normalized spacial score (nSPS) is 14.4. The quantitative estimate of drug-likeness (QED) is 0.612. The Balaban J connectivity index is 1.22. The molecule has 0 aliphatic carbocycles. The Hall–Kier alpha value is -4.58. The van der Waals surface area contributed by atoms with Gasteiger partial charge in [0.1, 0.15) is 5.82 Å². The van der Waals surface area contributed by atoms with Crippen molar-refractivity contribution in [3.8, 4) is 17.6 Å². The van der Waals surface area contributed by atoms with E-state index in [9.17, 15) is 9.59 Å². The molecule has 1 saturated heterocycles. The molecule has 176 valence electrons. The molecule has 35 heavy (non-hydrogen) atoms. The van der Waals surface area contributed by atoms with Gasteiger partial charge < -0.3 is 24.6 Å². The standard InChI is InChI=1S/C26H23N5O4/c27-15-18-3-1-4-20(13-18)26(33)31-11-9-30(10-12-31)24-21(5-2-8-28-24)25(32)29-16-19-6-7-22-23(14-19)35-17-34-22/h1-8,13-14H,9-12,16-17H2,(H,29,32). The van der Waals surface area contributed by atoms with Crippen LogP contribution in [0.4, 0.5) is 5.82 Å². The Morgan fingerprint density at radius 1 is 1.00 bits per heavy atom. The second-order valence-electron chi connectivity index (χ2n) is 8.22. The number of hydrogen-bond acceptors (Lipinski definition) is 7. The highest BCUT2D eigenvalue weighted by molar-refractivity contribution is 5.99. The summed E-state index contributed by atoms with van der Waals surface area (Å²) >= 11 is 0. The zero-order chi connectivity index (χ0) is 24.2. The van der Waals surface area contributed by atoms with Gasteiger partial charge in [-0.3, -0.25) is 9.59 Å². The second kappa shape index (κ2) is 9.73. The molecule has 9 nitrogen and oxygen atoms in total. The van der Waals surface area contributed by atoms with E-state index in [-0.39, 0.29) is 18.6 Å². The van der Waals surface area contributed by atoms with Gasteiger partial charge in [-0.1, -0.05) is 12.1 Å². The number of hydrogen-bond donors (Lipinski definition) is 1. The van der Waals surface area contributed by atoms with Gasteiger partial charge in [0, 0.05) is 44.5 Å². The molecule has 2 aromatic carbocycles. The summed E-state index contributed by atoms with van der Waals surface area (Å²) < 4.78 is 10.7. The summed E-state index contributed by atoms with van der Waals surface area (Å²) in [5.74, 6) is 1.63.